The average Bonchev–Trinajstić information content (AvgIpc) is 2.99. The van der Waals surface area contributed by atoms with E-state index >= 15 is 0 Å². The monoisotopic (exact) mass is 263 g/mol. The number of hydrogen-bond donors (Lipinski definition) is 1. The van der Waals surface area contributed by atoms with Gasteiger partial charge in [0.15, 0.2) is 0 Å². The van der Waals surface area contributed by atoms with E-state index in [0.717, 1.165) is 16.9 Å². The molecule has 3 aromatic rings. The molecule has 1 aromatic heterocycles. The van der Waals surface area contributed by atoms with Gasteiger partial charge in [0.25, 0.3) is 0 Å². The van der Waals surface area contributed by atoms with Crippen LogP contribution in [-0.2, 0) is 0 Å². The number of nitrogens with one attached hydrogen (secondary N) is 1. The number of aromatic nitrogens is 2. The number of anilines is 1. The minimum Gasteiger partial charge on any atom is -0.306 e. The third-order valence-electron chi connectivity index (χ3n) is 2.89. The predicted octanol–water partition coefficient (Wildman–Crippen LogP) is 3.63. The summed E-state index contributed by atoms with van der Waals surface area (Å²) < 4.78 is 1.30. The molecule has 1 amide bonds. The van der Waals surface area contributed by atoms with Gasteiger partial charge in [-0.2, -0.15) is 9.78 Å². The molecule has 0 fully saturated rings. The van der Waals surface area contributed by atoms with Crippen molar-refractivity contribution in [2.75, 3.05) is 5.32 Å². The summed E-state index contributed by atoms with van der Waals surface area (Å²) in [6.07, 6.45) is 1.65. The first-order valence-electron chi connectivity index (χ1n) is 6.30. The molecule has 4 heteroatoms. The molecular weight excluding hydrogens is 250 g/mol. The molecular formula is C16H13N3O. The first-order valence-corrected chi connectivity index (χ1v) is 6.30. The molecule has 0 atom stereocenters. The van der Waals surface area contributed by atoms with Gasteiger partial charge < -0.3 is 5.32 Å². The molecule has 0 aliphatic carbocycles. The van der Waals surface area contributed by atoms with Crippen LogP contribution in [0.15, 0.2) is 72.9 Å². The van der Waals surface area contributed by atoms with Gasteiger partial charge in [0.2, 0.25) is 0 Å². The number of para-hydroxylation sites is 1. The third-order valence-corrected chi connectivity index (χ3v) is 2.89. The largest absolute Gasteiger partial charge is 0.346 e. The zero-order valence-electron chi connectivity index (χ0n) is 10.7. The van der Waals surface area contributed by atoms with Gasteiger partial charge in [-0.25, -0.2) is 4.79 Å². The van der Waals surface area contributed by atoms with E-state index in [9.17, 15) is 4.79 Å². The van der Waals surface area contributed by atoms with Crippen molar-refractivity contribution in [2.24, 2.45) is 0 Å². The van der Waals surface area contributed by atoms with Crippen LogP contribution in [0.2, 0.25) is 0 Å². The zero-order chi connectivity index (χ0) is 13.8. The number of hydrogen-bond acceptors (Lipinski definition) is 2. The summed E-state index contributed by atoms with van der Waals surface area (Å²) in [5.41, 5.74) is 2.50. The van der Waals surface area contributed by atoms with Gasteiger partial charge in [-0.3, -0.25) is 0 Å². The highest BCUT2D eigenvalue weighted by molar-refractivity contribution is 5.90. The maximum atomic E-state index is 12.0. The lowest BCUT2D eigenvalue weighted by atomic mass is 10.2. The fraction of sp³-hybridized carbons (Fsp3) is 0. The van der Waals surface area contributed by atoms with Gasteiger partial charge >= 0.3 is 6.03 Å². The second-order valence-corrected chi connectivity index (χ2v) is 4.31. The first kappa shape index (κ1) is 12.2. The van der Waals surface area contributed by atoms with E-state index in [2.05, 4.69) is 10.4 Å². The molecule has 2 aromatic carbocycles. The van der Waals surface area contributed by atoms with E-state index in [-0.39, 0.29) is 6.03 Å². The molecule has 0 aliphatic rings. The second kappa shape index (κ2) is 5.40. The van der Waals surface area contributed by atoms with Crippen molar-refractivity contribution in [3.63, 3.8) is 0 Å². The Hall–Kier alpha value is -2.88. The van der Waals surface area contributed by atoms with Crippen molar-refractivity contribution in [2.45, 2.75) is 0 Å². The first-order chi connectivity index (χ1) is 9.83. The maximum absolute atomic E-state index is 12.0. The van der Waals surface area contributed by atoms with E-state index in [4.69, 9.17) is 0 Å². The maximum Gasteiger partial charge on any atom is 0.346 e. The van der Waals surface area contributed by atoms with Crippen LogP contribution in [0.4, 0.5) is 10.5 Å². The van der Waals surface area contributed by atoms with Crippen molar-refractivity contribution in [1.29, 1.82) is 0 Å². The van der Waals surface area contributed by atoms with E-state index in [0.29, 0.717) is 0 Å². The van der Waals surface area contributed by atoms with E-state index < -0.39 is 0 Å². The normalized spacial score (nSPS) is 10.2. The number of benzene rings is 2. The number of rotatable bonds is 2. The molecule has 0 saturated carbocycles. The minimum absolute atomic E-state index is 0.279. The van der Waals surface area contributed by atoms with Crippen molar-refractivity contribution in [3.8, 4) is 11.3 Å². The average molecular weight is 263 g/mol. The molecule has 1 heterocycles. The van der Waals surface area contributed by atoms with Gasteiger partial charge in [0.05, 0.1) is 5.69 Å². The lowest BCUT2D eigenvalue weighted by Gasteiger charge is -2.04. The highest BCUT2D eigenvalue weighted by Gasteiger charge is 2.08. The zero-order valence-corrected chi connectivity index (χ0v) is 10.7. The number of nitrogens with zero attached hydrogens (tertiary/aromatic N) is 2. The highest BCUT2D eigenvalue weighted by Crippen LogP contribution is 2.16. The van der Waals surface area contributed by atoms with Crippen LogP contribution < -0.4 is 5.32 Å². The lowest BCUT2D eigenvalue weighted by Crippen LogP contribution is -2.19. The van der Waals surface area contributed by atoms with Crippen LogP contribution >= 0.6 is 0 Å². The van der Waals surface area contributed by atoms with Gasteiger partial charge in [0.1, 0.15) is 0 Å². The summed E-state index contributed by atoms with van der Waals surface area (Å²) >= 11 is 0. The van der Waals surface area contributed by atoms with Crippen LogP contribution in [0, 0.1) is 0 Å². The molecule has 20 heavy (non-hydrogen) atoms. The fourth-order valence-electron chi connectivity index (χ4n) is 1.90. The topological polar surface area (TPSA) is 46.9 Å². The summed E-state index contributed by atoms with van der Waals surface area (Å²) in [6, 6.07) is 20.6. The van der Waals surface area contributed by atoms with Gasteiger partial charge in [0, 0.05) is 17.4 Å². The molecule has 3 rings (SSSR count). The smallest absolute Gasteiger partial charge is 0.306 e. The molecule has 0 unspecified atom stereocenters. The van der Waals surface area contributed by atoms with Crippen LogP contribution in [0.25, 0.3) is 11.3 Å². The summed E-state index contributed by atoms with van der Waals surface area (Å²) in [6.45, 7) is 0. The summed E-state index contributed by atoms with van der Waals surface area (Å²) in [4.78, 5) is 12.0. The van der Waals surface area contributed by atoms with Gasteiger partial charge in [-0.1, -0.05) is 48.5 Å². The summed E-state index contributed by atoms with van der Waals surface area (Å²) in [5.74, 6) is 0. The lowest BCUT2D eigenvalue weighted by molar-refractivity contribution is 0.251. The Morgan fingerprint density at radius 2 is 1.55 bits per heavy atom. The van der Waals surface area contributed by atoms with E-state index in [1.807, 2.05) is 66.7 Å². The van der Waals surface area contributed by atoms with E-state index in [1.165, 1.54) is 4.68 Å². The van der Waals surface area contributed by atoms with E-state index in [1.54, 1.807) is 6.20 Å². The molecule has 0 spiro atoms. The fourth-order valence-corrected chi connectivity index (χ4v) is 1.90. The molecule has 98 valence electrons. The molecule has 0 saturated heterocycles. The van der Waals surface area contributed by atoms with Crippen LogP contribution in [-0.4, -0.2) is 15.8 Å². The van der Waals surface area contributed by atoms with Crippen LogP contribution in [0.1, 0.15) is 0 Å². The third kappa shape index (κ3) is 2.59. The Morgan fingerprint density at radius 3 is 2.25 bits per heavy atom. The Bertz CT molecular complexity index is 705. The molecule has 0 aliphatic heterocycles. The number of amides is 1. The molecule has 0 radical (unpaired) electrons. The van der Waals surface area contributed by atoms with Crippen molar-refractivity contribution in [3.05, 3.63) is 72.9 Å². The predicted molar refractivity (Wildman–Crippen MR) is 78.5 cm³/mol. The Labute approximate surface area is 116 Å². The standard InChI is InChI=1S/C16H13N3O/c20-16(17-14-9-5-2-6-10-14)19-12-11-15(18-19)13-7-3-1-4-8-13/h1-12H,(H,17,20). The Balaban J connectivity index is 1.79. The van der Waals surface area contributed by atoms with Crippen molar-refractivity contribution < 1.29 is 4.79 Å². The van der Waals surface area contributed by atoms with Gasteiger partial charge in [-0.15, -0.1) is 0 Å². The van der Waals surface area contributed by atoms with Crippen molar-refractivity contribution in [1.82, 2.24) is 9.78 Å². The molecule has 1 N–H and O–H groups in total. The minimum atomic E-state index is -0.279. The molecule has 0 bridgehead atoms. The quantitative estimate of drug-likeness (QED) is 0.767. The van der Waals surface area contributed by atoms with Crippen LogP contribution in [0.5, 0.6) is 0 Å². The highest BCUT2D eigenvalue weighted by atomic mass is 16.2. The Morgan fingerprint density at radius 1 is 0.900 bits per heavy atom. The summed E-state index contributed by atoms with van der Waals surface area (Å²) in [7, 11) is 0. The SMILES string of the molecule is O=C(Nc1ccccc1)n1ccc(-c2ccccc2)n1. The number of carbonyl (C=O) groups excluding carboxylic acids is 1. The summed E-state index contributed by atoms with van der Waals surface area (Å²) in [5, 5.41) is 7.07. The second-order valence-electron chi connectivity index (χ2n) is 4.31. The van der Waals surface area contributed by atoms with Crippen molar-refractivity contribution >= 4 is 11.7 Å². The molecule has 4 nitrogen and oxygen atoms in total. The Kier molecular flexibility index (Phi) is 3.29. The van der Waals surface area contributed by atoms with Crippen LogP contribution in [0.3, 0.4) is 0 Å². The van der Waals surface area contributed by atoms with Gasteiger partial charge in [-0.05, 0) is 18.2 Å². The number of carbonyl (C=O) groups is 1.